The molecule has 1 aromatic carbocycles. The molecule has 1 aromatic heterocycles. The largest absolute Gasteiger partial charge is 0.324 e. The minimum Gasteiger partial charge on any atom is -0.324 e. The van der Waals surface area contributed by atoms with Crippen molar-refractivity contribution in [2.75, 3.05) is 11.9 Å². The van der Waals surface area contributed by atoms with Gasteiger partial charge in [-0.2, -0.15) is 5.10 Å². The van der Waals surface area contributed by atoms with E-state index in [1.165, 1.54) is 17.3 Å². The van der Waals surface area contributed by atoms with Crippen LogP contribution in [0.25, 0.3) is 0 Å². The smallest absolute Gasteiger partial charge is 0.246 e. The first kappa shape index (κ1) is 12.8. The lowest BCUT2D eigenvalue weighted by Crippen LogP contribution is -2.19. The Bertz CT molecular complexity index is 609. The van der Waals surface area contributed by atoms with Crippen LogP contribution in [0.4, 0.5) is 5.69 Å². The number of amides is 1. The van der Waals surface area contributed by atoms with Crippen molar-refractivity contribution in [2.45, 2.75) is 6.54 Å². The lowest BCUT2D eigenvalue weighted by molar-refractivity contribution is -0.116. The van der Waals surface area contributed by atoms with Crippen molar-refractivity contribution in [3.05, 3.63) is 42.5 Å². The van der Waals surface area contributed by atoms with Crippen molar-refractivity contribution < 1.29 is 4.79 Å². The average Bonchev–Trinajstić information content (AvgIpc) is 2.89. The summed E-state index contributed by atoms with van der Waals surface area (Å²) in [6, 6.07) is 7.27. The number of aromatic nitrogens is 3. The molecule has 0 aliphatic carbocycles. The van der Waals surface area contributed by atoms with Crippen molar-refractivity contribution in [1.29, 1.82) is 0 Å². The van der Waals surface area contributed by atoms with Gasteiger partial charge in [0.2, 0.25) is 5.91 Å². The van der Waals surface area contributed by atoms with Crippen molar-refractivity contribution in [2.24, 2.45) is 5.73 Å². The Hall–Kier alpha value is -2.65. The molecule has 96 valence electrons. The SMILES string of the molecule is NCC#Cc1cccc(NC(=O)Cn2cncn2)c1. The molecule has 0 aliphatic heterocycles. The Balaban J connectivity index is 2.00. The summed E-state index contributed by atoms with van der Waals surface area (Å²) in [5.74, 6) is 5.50. The van der Waals surface area contributed by atoms with E-state index in [-0.39, 0.29) is 12.5 Å². The normalized spacial score (nSPS) is 9.53. The second-order valence-corrected chi connectivity index (χ2v) is 3.73. The van der Waals surface area contributed by atoms with Gasteiger partial charge in [0.05, 0.1) is 6.54 Å². The molecule has 0 unspecified atom stereocenters. The zero-order valence-electron chi connectivity index (χ0n) is 10.2. The van der Waals surface area contributed by atoms with Crippen LogP contribution in [-0.4, -0.2) is 27.2 Å². The highest BCUT2D eigenvalue weighted by molar-refractivity contribution is 5.90. The van der Waals surface area contributed by atoms with Crippen LogP contribution in [0.1, 0.15) is 5.56 Å². The molecule has 0 fully saturated rings. The Kier molecular flexibility index (Phi) is 4.26. The standard InChI is InChI=1S/C13H13N5O/c14-6-2-4-11-3-1-5-12(7-11)17-13(19)8-18-10-15-9-16-18/h1,3,5,7,9-10H,6,8,14H2,(H,17,19). The molecule has 1 heterocycles. The molecule has 3 N–H and O–H groups in total. The van der Waals surface area contributed by atoms with Crippen LogP contribution in [0.3, 0.4) is 0 Å². The quantitative estimate of drug-likeness (QED) is 0.769. The molecular weight excluding hydrogens is 242 g/mol. The molecule has 1 amide bonds. The van der Waals surface area contributed by atoms with Crippen LogP contribution in [0.15, 0.2) is 36.9 Å². The number of rotatable bonds is 3. The van der Waals surface area contributed by atoms with Gasteiger partial charge in [-0.1, -0.05) is 17.9 Å². The highest BCUT2D eigenvalue weighted by Gasteiger charge is 2.04. The number of nitrogens with two attached hydrogens (primary N) is 1. The lowest BCUT2D eigenvalue weighted by Gasteiger charge is -2.05. The Morgan fingerprint density at radius 1 is 1.47 bits per heavy atom. The highest BCUT2D eigenvalue weighted by atomic mass is 16.2. The number of hydrogen-bond donors (Lipinski definition) is 2. The third kappa shape index (κ3) is 3.94. The first-order chi connectivity index (χ1) is 9.28. The number of hydrogen-bond acceptors (Lipinski definition) is 4. The van der Waals surface area contributed by atoms with Gasteiger partial charge in [-0.25, -0.2) is 9.67 Å². The van der Waals surface area contributed by atoms with Crippen LogP contribution in [0.2, 0.25) is 0 Å². The van der Waals surface area contributed by atoms with E-state index >= 15 is 0 Å². The van der Waals surface area contributed by atoms with Gasteiger partial charge in [-0.05, 0) is 18.2 Å². The van der Waals surface area contributed by atoms with Gasteiger partial charge in [0.25, 0.3) is 0 Å². The third-order valence-corrected chi connectivity index (χ3v) is 2.25. The summed E-state index contributed by atoms with van der Waals surface area (Å²) >= 11 is 0. The molecule has 6 heteroatoms. The first-order valence-electron chi connectivity index (χ1n) is 5.69. The van der Waals surface area contributed by atoms with Gasteiger partial charge in [0.15, 0.2) is 0 Å². The molecule has 6 nitrogen and oxygen atoms in total. The fraction of sp³-hybridized carbons (Fsp3) is 0.154. The minimum absolute atomic E-state index is 0.124. The number of carbonyl (C=O) groups is 1. The first-order valence-corrected chi connectivity index (χ1v) is 5.69. The fourth-order valence-corrected chi connectivity index (χ4v) is 1.49. The molecule has 0 saturated carbocycles. The van der Waals surface area contributed by atoms with Crippen molar-refractivity contribution in [3.63, 3.8) is 0 Å². The maximum Gasteiger partial charge on any atom is 0.246 e. The summed E-state index contributed by atoms with van der Waals surface area (Å²) in [7, 11) is 0. The summed E-state index contributed by atoms with van der Waals surface area (Å²) in [6.07, 6.45) is 2.87. The summed E-state index contributed by atoms with van der Waals surface area (Å²) in [6.45, 7) is 0.432. The topological polar surface area (TPSA) is 85.8 Å². The maximum absolute atomic E-state index is 11.7. The molecular formula is C13H13N5O. The van der Waals surface area contributed by atoms with Crippen LogP contribution < -0.4 is 11.1 Å². The molecule has 0 radical (unpaired) electrons. The van der Waals surface area contributed by atoms with Gasteiger partial charge in [-0.15, -0.1) is 0 Å². The lowest BCUT2D eigenvalue weighted by atomic mass is 10.2. The predicted molar refractivity (Wildman–Crippen MR) is 71.0 cm³/mol. The molecule has 0 saturated heterocycles. The molecule has 0 spiro atoms. The Labute approximate surface area is 110 Å². The van der Waals surface area contributed by atoms with Gasteiger partial charge < -0.3 is 11.1 Å². The summed E-state index contributed by atoms with van der Waals surface area (Å²) < 4.78 is 1.45. The van der Waals surface area contributed by atoms with E-state index in [0.717, 1.165) is 5.56 Å². The van der Waals surface area contributed by atoms with E-state index in [9.17, 15) is 4.79 Å². The molecule has 19 heavy (non-hydrogen) atoms. The molecule has 0 atom stereocenters. The summed E-state index contributed by atoms with van der Waals surface area (Å²) in [5, 5.41) is 6.63. The molecule has 0 aliphatic rings. The number of benzene rings is 1. The zero-order valence-corrected chi connectivity index (χ0v) is 10.2. The average molecular weight is 255 g/mol. The van der Waals surface area contributed by atoms with Gasteiger partial charge in [0, 0.05) is 11.3 Å². The van der Waals surface area contributed by atoms with Crippen molar-refractivity contribution >= 4 is 11.6 Å². The van der Waals surface area contributed by atoms with Crippen LogP contribution in [0, 0.1) is 11.8 Å². The highest BCUT2D eigenvalue weighted by Crippen LogP contribution is 2.09. The minimum atomic E-state index is -0.172. The predicted octanol–water partition coefficient (Wildman–Crippen LogP) is 0.227. The number of carbonyl (C=O) groups excluding carboxylic acids is 1. The van der Waals surface area contributed by atoms with Gasteiger partial charge >= 0.3 is 0 Å². The molecule has 0 bridgehead atoms. The van der Waals surface area contributed by atoms with Crippen molar-refractivity contribution in [1.82, 2.24) is 14.8 Å². The van der Waals surface area contributed by atoms with E-state index in [1.54, 1.807) is 12.1 Å². The second-order valence-electron chi connectivity index (χ2n) is 3.73. The number of nitrogens with one attached hydrogen (secondary N) is 1. The Morgan fingerprint density at radius 3 is 3.11 bits per heavy atom. The maximum atomic E-state index is 11.7. The molecule has 2 aromatic rings. The number of nitrogens with zero attached hydrogens (tertiary/aromatic N) is 3. The Morgan fingerprint density at radius 2 is 2.37 bits per heavy atom. The van der Waals surface area contributed by atoms with Gasteiger partial charge in [0.1, 0.15) is 19.2 Å². The summed E-state index contributed by atoms with van der Waals surface area (Å²) in [4.78, 5) is 15.5. The van der Waals surface area contributed by atoms with Crippen LogP contribution in [-0.2, 0) is 11.3 Å². The monoisotopic (exact) mass is 255 g/mol. The van der Waals surface area contributed by atoms with E-state index in [2.05, 4.69) is 27.2 Å². The van der Waals surface area contributed by atoms with E-state index in [4.69, 9.17) is 5.73 Å². The number of anilines is 1. The second kappa shape index (κ2) is 6.33. The van der Waals surface area contributed by atoms with Crippen molar-refractivity contribution in [3.8, 4) is 11.8 Å². The third-order valence-electron chi connectivity index (χ3n) is 2.25. The summed E-state index contributed by atoms with van der Waals surface area (Å²) in [5.41, 5.74) is 6.81. The van der Waals surface area contributed by atoms with E-state index < -0.39 is 0 Å². The van der Waals surface area contributed by atoms with E-state index in [1.807, 2.05) is 12.1 Å². The zero-order chi connectivity index (χ0) is 13.5. The van der Waals surface area contributed by atoms with E-state index in [0.29, 0.717) is 12.2 Å². The van der Waals surface area contributed by atoms with Gasteiger partial charge in [-0.3, -0.25) is 4.79 Å². The van der Waals surface area contributed by atoms with Crippen LogP contribution in [0.5, 0.6) is 0 Å². The fourth-order valence-electron chi connectivity index (χ4n) is 1.49. The molecule has 2 rings (SSSR count). The van der Waals surface area contributed by atoms with Crippen LogP contribution >= 0.6 is 0 Å².